The highest BCUT2D eigenvalue weighted by Gasteiger charge is 2.36. The third-order valence-corrected chi connectivity index (χ3v) is 7.53. The summed E-state index contributed by atoms with van der Waals surface area (Å²) in [5.74, 6) is 2.59. The van der Waals surface area contributed by atoms with Gasteiger partial charge in [0.2, 0.25) is 0 Å². The molecule has 3 rings (SSSR count). The fraction of sp³-hybridized carbons (Fsp3) is 0.633. The van der Waals surface area contributed by atoms with E-state index in [1.165, 1.54) is 0 Å². The highest BCUT2D eigenvalue weighted by Crippen LogP contribution is 2.32. The second-order valence-corrected chi connectivity index (χ2v) is 10.4. The number of hydrogen-bond acceptors (Lipinski definition) is 6. The number of amidine groups is 1. The van der Waals surface area contributed by atoms with Gasteiger partial charge in [-0.1, -0.05) is 25.0 Å². The van der Waals surface area contributed by atoms with Crippen molar-refractivity contribution in [1.29, 1.82) is 0 Å². The summed E-state index contributed by atoms with van der Waals surface area (Å²) in [6.45, 7) is 4.41. The minimum Gasteiger partial charge on any atom is -0.497 e. The number of methoxy groups -OCH3 is 1. The number of hydrogen-bond donors (Lipinski definition) is 0. The number of ketones is 1. The fourth-order valence-corrected chi connectivity index (χ4v) is 5.30. The first-order valence-corrected chi connectivity index (χ1v) is 14.6. The Morgan fingerprint density at radius 3 is 2.29 bits per heavy atom. The van der Waals surface area contributed by atoms with E-state index in [4.69, 9.17) is 25.8 Å². The zero-order valence-corrected chi connectivity index (χ0v) is 23.7. The standard InChI is InChI=1S/C30H43ClN2O5/c1-23-32-28(22-24-9-15-27(36-2)16-10-24)30(35)33(23)26-13-11-25(12-14-26)29(34)8-7-19-38-21-20-37-18-6-4-3-5-17-31/h9-10,15-16,22,25-26H,3-8,11-14,17-21H2,1-2H3/b28-22-. The van der Waals surface area contributed by atoms with Crippen LogP contribution in [0.25, 0.3) is 6.08 Å². The Morgan fingerprint density at radius 1 is 0.974 bits per heavy atom. The number of aliphatic imine (C=N–C) groups is 1. The summed E-state index contributed by atoms with van der Waals surface area (Å²) < 4.78 is 16.4. The second kappa shape index (κ2) is 16.7. The number of carbonyl (C=O) groups is 2. The Labute approximate surface area is 232 Å². The zero-order chi connectivity index (χ0) is 27.2. The Bertz CT molecular complexity index is 938. The highest BCUT2D eigenvalue weighted by molar-refractivity contribution is 6.17. The lowest BCUT2D eigenvalue weighted by Crippen LogP contribution is -2.43. The number of nitrogens with zero attached hydrogens (tertiary/aromatic N) is 2. The predicted molar refractivity (Wildman–Crippen MR) is 152 cm³/mol. The first-order valence-electron chi connectivity index (χ1n) is 14.0. The third kappa shape index (κ3) is 9.51. The molecule has 0 radical (unpaired) electrons. The molecule has 0 aromatic heterocycles. The Kier molecular flexibility index (Phi) is 13.3. The largest absolute Gasteiger partial charge is 0.497 e. The van der Waals surface area contributed by atoms with E-state index < -0.39 is 0 Å². The summed E-state index contributed by atoms with van der Waals surface area (Å²) in [7, 11) is 1.63. The number of ether oxygens (including phenoxy) is 3. The molecule has 1 aromatic rings. The van der Waals surface area contributed by atoms with Crippen molar-refractivity contribution in [2.75, 3.05) is 39.4 Å². The van der Waals surface area contributed by atoms with Gasteiger partial charge < -0.3 is 14.2 Å². The number of alkyl halides is 1. The average molecular weight is 547 g/mol. The molecule has 8 heteroatoms. The second-order valence-electron chi connectivity index (χ2n) is 10.0. The summed E-state index contributed by atoms with van der Waals surface area (Å²) in [6.07, 6.45) is 10.8. The van der Waals surface area contributed by atoms with Gasteiger partial charge in [-0.3, -0.25) is 14.5 Å². The molecule has 1 aliphatic carbocycles. The van der Waals surface area contributed by atoms with Gasteiger partial charge in [0.05, 0.1) is 20.3 Å². The van der Waals surface area contributed by atoms with Gasteiger partial charge in [0.1, 0.15) is 23.1 Å². The fourth-order valence-electron chi connectivity index (χ4n) is 5.11. The van der Waals surface area contributed by atoms with Crippen LogP contribution in [0.15, 0.2) is 35.0 Å². The van der Waals surface area contributed by atoms with Crippen molar-refractivity contribution < 1.29 is 23.8 Å². The first kappa shape index (κ1) is 30.3. The van der Waals surface area contributed by atoms with Gasteiger partial charge >= 0.3 is 0 Å². The maximum absolute atomic E-state index is 13.1. The van der Waals surface area contributed by atoms with Crippen molar-refractivity contribution in [2.24, 2.45) is 10.9 Å². The Morgan fingerprint density at radius 2 is 1.63 bits per heavy atom. The first-order chi connectivity index (χ1) is 18.5. The van der Waals surface area contributed by atoms with E-state index in [1.807, 2.05) is 42.2 Å². The quantitative estimate of drug-likeness (QED) is 0.135. The summed E-state index contributed by atoms with van der Waals surface area (Å²) >= 11 is 5.67. The van der Waals surface area contributed by atoms with Crippen LogP contribution < -0.4 is 4.74 Å². The lowest BCUT2D eigenvalue weighted by atomic mass is 9.81. The highest BCUT2D eigenvalue weighted by atomic mass is 35.5. The van der Waals surface area contributed by atoms with Crippen LogP contribution in [0.5, 0.6) is 5.75 Å². The number of carbonyl (C=O) groups excluding carboxylic acids is 2. The molecule has 1 aliphatic heterocycles. The molecule has 1 heterocycles. The molecule has 1 aromatic carbocycles. The van der Waals surface area contributed by atoms with Gasteiger partial charge in [-0.05, 0) is 75.6 Å². The van der Waals surface area contributed by atoms with Crippen LogP contribution in [0.2, 0.25) is 0 Å². The molecule has 0 N–H and O–H groups in total. The van der Waals surface area contributed by atoms with Crippen LogP contribution in [0.1, 0.15) is 76.7 Å². The van der Waals surface area contributed by atoms with E-state index in [1.54, 1.807) is 7.11 Å². The van der Waals surface area contributed by atoms with E-state index in [9.17, 15) is 9.59 Å². The van der Waals surface area contributed by atoms with E-state index >= 15 is 0 Å². The van der Waals surface area contributed by atoms with Crippen molar-refractivity contribution >= 4 is 35.2 Å². The SMILES string of the molecule is COc1ccc(/C=C2\N=C(C)N(C3CCC(C(=O)CCCOCCOCCCCCCCl)CC3)C2=O)cc1. The van der Waals surface area contributed by atoms with Crippen LogP contribution in [0.4, 0.5) is 0 Å². The van der Waals surface area contributed by atoms with Gasteiger partial charge in [0, 0.05) is 37.5 Å². The molecule has 1 saturated carbocycles. The number of benzene rings is 1. The molecular formula is C30H43ClN2O5. The molecule has 1 amide bonds. The lowest BCUT2D eigenvalue weighted by molar-refractivity contribution is -0.126. The summed E-state index contributed by atoms with van der Waals surface area (Å²) in [4.78, 5) is 32.2. The number of rotatable bonds is 17. The molecule has 2 aliphatic rings. The summed E-state index contributed by atoms with van der Waals surface area (Å²) in [6, 6.07) is 7.66. The van der Waals surface area contributed by atoms with Crippen molar-refractivity contribution in [3.8, 4) is 5.75 Å². The molecule has 0 atom stereocenters. The van der Waals surface area contributed by atoms with Crippen molar-refractivity contribution in [3.05, 3.63) is 35.5 Å². The Hall–Kier alpha value is -2.22. The van der Waals surface area contributed by atoms with E-state index in [0.29, 0.717) is 37.7 Å². The molecule has 7 nitrogen and oxygen atoms in total. The lowest BCUT2D eigenvalue weighted by Gasteiger charge is -2.34. The number of halogens is 1. The van der Waals surface area contributed by atoms with E-state index in [0.717, 1.165) is 87.4 Å². The van der Waals surface area contributed by atoms with Crippen LogP contribution in [0, 0.1) is 5.92 Å². The maximum atomic E-state index is 13.1. The number of amides is 1. The van der Waals surface area contributed by atoms with Gasteiger partial charge in [0.15, 0.2) is 0 Å². The molecule has 1 fully saturated rings. The van der Waals surface area contributed by atoms with Gasteiger partial charge in [-0.2, -0.15) is 0 Å². The molecule has 0 bridgehead atoms. The average Bonchev–Trinajstić information content (AvgIpc) is 3.21. The van der Waals surface area contributed by atoms with Crippen LogP contribution in [0.3, 0.4) is 0 Å². The van der Waals surface area contributed by atoms with Gasteiger partial charge in [-0.25, -0.2) is 4.99 Å². The van der Waals surface area contributed by atoms with Crippen molar-refractivity contribution in [2.45, 2.75) is 77.2 Å². The monoisotopic (exact) mass is 546 g/mol. The molecule has 0 spiro atoms. The van der Waals surface area contributed by atoms with Crippen molar-refractivity contribution in [1.82, 2.24) is 4.90 Å². The van der Waals surface area contributed by atoms with Crippen LogP contribution in [-0.4, -0.2) is 67.9 Å². The van der Waals surface area contributed by atoms with E-state index in [2.05, 4.69) is 4.99 Å². The smallest absolute Gasteiger partial charge is 0.278 e. The molecule has 38 heavy (non-hydrogen) atoms. The van der Waals surface area contributed by atoms with Gasteiger partial charge in [0.25, 0.3) is 5.91 Å². The molecule has 0 unspecified atom stereocenters. The minimum atomic E-state index is -0.0551. The topological polar surface area (TPSA) is 77.4 Å². The maximum Gasteiger partial charge on any atom is 0.278 e. The van der Waals surface area contributed by atoms with Crippen LogP contribution in [-0.2, 0) is 19.1 Å². The third-order valence-electron chi connectivity index (χ3n) is 7.26. The number of unbranched alkanes of at least 4 members (excludes halogenated alkanes) is 3. The zero-order valence-electron chi connectivity index (χ0n) is 23.0. The van der Waals surface area contributed by atoms with Crippen LogP contribution >= 0.6 is 11.6 Å². The van der Waals surface area contributed by atoms with E-state index in [-0.39, 0.29) is 17.9 Å². The predicted octanol–water partition coefficient (Wildman–Crippen LogP) is 6.04. The normalized spacial score (nSPS) is 20.7. The Balaban J connectivity index is 1.30. The van der Waals surface area contributed by atoms with Gasteiger partial charge in [-0.15, -0.1) is 11.6 Å². The molecule has 0 saturated heterocycles. The number of Topliss-reactive ketones (excluding diaryl/α,β-unsaturated/α-hetero) is 1. The molecular weight excluding hydrogens is 504 g/mol. The minimum absolute atomic E-state index is 0.0551. The molecule has 210 valence electrons. The summed E-state index contributed by atoms with van der Waals surface area (Å²) in [5, 5.41) is 0. The summed E-state index contributed by atoms with van der Waals surface area (Å²) in [5.41, 5.74) is 1.37. The van der Waals surface area contributed by atoms with Crippen molar-refractivity contribution in [3.63, 3.8) is 0 Å².